The fraction of sp³-hybridized carbons (Fsp3) is 0.154. The van der Waals surface area contributed by atoms with Gasteiger partial charge in [-0.15, -0.1) is 0 Å². The van der Waals surface area contributed by atoms with E-state index in [1.165, 1.54) is 6.39 Å². The smallest absolute Gasteiger partial charge is 0.182 e. The van der Waals surface area contributed by atoms with E-state index in [2.05, 4.69) is 4.98 Å². The molecule has 0 radical (unpaired) electrons. The summed E-state index contributed by atoms with van der Waals surface area (Å²) in [6, 6.07) is 9.96. The van der Waals surface area contributed by atoms with Crippen LogP contribution >= 0.6 is 0 Å². The number of benzene rings is 2. The summed E-state index contributed by atoms with van der Waals surface area (Å²) in [6.45, 7) is 2.65. The van der Waals surface area contributed by atoms with Gasteiger partial charge in [0.1, 0.15) is 11.3 Å². The van der Waals surface area contributed by atoms with Gasteiger partial charge in [-0.3, -0.25) is 0 Å². The first-order chi connectivity index (χ1) is 7.88. The van der Waals surface area contributed by atoms with Crippen LogP contribution in [0.5, 0.6) is 5.75 Å². The molecule has 0 saturated carbocycles. The Morgan fingerprint density at radius 3 is 3.06 bits per heavy atom. The Bertz CT molecular complexity index is 643. The molecule has 1 heterocycles. The van der Waals surface area contributed by atoms with Crippen LogP contribution in [0.4, 0.5) is 0 Å². The second-order valence-corrected chi connectivity index (χ2v) is 3.58. The molecule has 0 aliphatic heterocycles. The Balaban J connectivity index is 2.28. The van der Waals surface area contributed by atoms with E-state index in [1.54, 1.807) is 0 Å². The van der Waals surface area contributed by atoms with Gasteiger partial charge >= 0.3 is 0 Å². The zero-order chi connectivity index (χ0) is 11.0. The highest BCUT2D eigenvalue weighted by atomic mass is 16.5. The van der Waals surface area contributed by atoms with Crippen LogP contribution in [0, 0.1) is 0 Å². The lowest BCUT2D eigenvalue weighted by Crippen LogP contribution is -1.90. The number of fused-ring (bicyclic) bond motifs is 3. The summed E-state index contributed by atoms with van der Waals surface area (Å²) in [5.74, 6) is 0.883. The minimum atomic E-state index is 0.677. The van der Waals surface area contributed by atoms with Crippen molar-refractivity contribution in [3.05, 3.63) is 36.7 Å². The maximum absolute atomic E-state index is 5.46. The molecule has 0 aliphatic carbocycles. The molecule has 0 atom stereocenters. The molecule has 16 heavy (non-hydrogen) atoms. The van der Waals surface area contributed by atoms with Crippen LogP contribution in [0.1, 0.15) is 6.92 Å². The van der Waals surface area contributed by atoms with Gasteiger partial charge in [0, 0.05) is 5.39 Å². The topological polar surface area (TPSA) is 35.3 Å². The van der Waals surface area contributed by atoms with Crippen molar-refractivity contribution in [3.8, 4) is 5.75 Å². The lowest BCUT2D eigenvalue weighted by atomic mass is 10.1. The van der Waals surface area contributed by atoms with Crippen LogP contribution in [-0.2, 0) is 0 Å². The van der Waals surface area contributed by atoms with E-state index in [9.17, 15) is 0 Å². The molecule has 3 nitrogen and oxygen atoms in total. The third kappa shape index (κ3) is 1.33. The van der Waals surface area contributed by atoms with Crippen molar-refractivity contribution in [2.75, 3.05) is 6.61 Å². The molecule has 1 aromatic heterocycles. The van der Waals surface area contributed by atoms with E-state index in [1.807, 2.05) is 37.3 Å². The summed E-state index contributed by atoms with van der Waals surface area (Å²) >= 11 is 0. The zero-order valence-corrected chi connectivity index (χ0v) is 8.93. The van der Waals surface area contributed by atoms with Crippen LogP contribution in [0.15, 0.2) is 41.1 Å². The van der Waals surface area contributed by atoms with Gasteiger partial charge in [0.25, 0.3) is 0 Å². The predicted octanol–water partition coefficient (Wildman–Crippen LogP) is 3.38. The van der Waals surface area contributed by atoms with Crippen molar-refractivity contribution in [2.45, 2.75) is 6.92 Å². The average molecular weight is 213 g/mol. The lowest BCUT2D eigenvalue weighted by molar-refractivity contribution is 0.341. The van der Waals surface area contributed by atoms with Gasteiger partial charge in [-0.2, -0.15) is 0 Å². The van der Waals surface area contributed by atoms with Gasteiger partial charge in [0.15, 0.2) is 12.0 Å². The fourth-order valence-electron chi connectivity index (χ4n) is 1.89. The van der Waals surface area contributed by atoms with Crippen LogP contribution in [0.2, 0.25) is 0 Å². The molecule has 0 spiro atoms. The summed E-state index contributed by atoms with van der Waals surface area (Å²) in [6.07, 6.45) is 1.47. The highest BCUT2D eigenvalue weighted by Crippen LogP contribution is 2.27. The highest BCUT2D eigenvalue weighted by Gasteiger charge is 2.05. The van der Waals surface area contributed by atoms with Gasteiger partial charge in [0.05, 0.1) is 6.61 Å². The first kappa shape index (κ1) is 9.21. The standard InChI is InChI=1S/C13H11NO2/c1-2-15-10-4-5-11-9(7-10)3-6-12-13(11)16-8-14-12/h3-8H,2H2,1H3. The number of oxazole rings is 1. The number of hydrogen-bond acceptors (Lipinski definition) is 3. The Labute approximate surface area is 92.7 Å². The highest BCUT2D eigenvalue weighted by molar-refractivity contribution is 6.03. The van der Waals surface area contributed by atoms with Gasteiger partial charge in [-0.05, 0) is 36.6 Å². The van der Waals surface area contributed by atoms with Crippen LogP contribution in [-0.4, -0.2) is 11.6 Å². The summed E-state index contributed by atoms with van der Waals surface area (Å²) in [4.78, 5) is 4.13. The minimum absolute atomic E-state index is 0.677. The Kier molecular flexibility index (Phi) is 2.03. The van der Waals surface area contributed by atoms with Crippen molar-refractivity contribution < 1.29 is 9.15 Å². The van der Waals surface area contributed by atoms with Crippen molar-refractivity contribution in [1.29, 1.82) is 0 Å². The summed E-state index contributed by atoms with van der Waals surface area (Å²) < 4.78 is 10.8. The van der Waals surface area contributed by atoms with Crippen molar-refractivity contribution in [2.24, 2.45) is 0 Å². The molecule has 0 N–H and O–H groups in total. The third-order valence-corrected chi connectivity index (χ3v) is 2.59. The quantitative estimate of drug-likeness (QED) is 0.654. The van der Waals surface area contributed by atoms with Gasteiger partial charge < -0.3 is 9.15 Å². The summed E-state index contributed by atoms with van der Waals surface area (Å²) in [5, 5.41) is 2.17. The number of aromatic nitrogens is 1. The molecular weight excluding hydrogens is 202 g/mol. The zero-order valence-electron chi connectivity index (χ0n) is 8.93. The maximum Gasteiger partial charge on any atom is 0.182 e. The number of nitrogens with zero attached hydrogens (tertiary/aromatic N) is 1. The molecule has 3 heteroatoms. The second kappa shape index (κ2) is 3.52. The molecule has 3 rings (SSSR count). The van der Waals surface area contributed by atoms with E-state index < -0.39 is 0 Å². The molecule has 0 aliphatic rings. The van der Waals surface area contributed by atoms with Gasteiger partial charge in [-0.25, -0.2) is 4.98 Å². The molecule has 3 aromatic rings. The van der Waals surface area contributed by atoms with Crippen molar-refractivity contribution in [3.63, 3.8) is 0 Å². The molecule has 0 unspecified atom stereocenters. The molecule has 80 valence electrons. The molecule has 2 aromatic carbocycles. The molecule has 0 amide bonds. The lowest BCUT2D eigenvalue weighted by Gasteiger charge is -2.04. The number of ether oxygens (including phenoxy) is 1. The molecule has 0 fully saturated rings. The van der Waals surface area contributed by atoms with Crippen molar-refractivity contribution in [1.82, 2.24) is 4.98 Å². The summed E-state index contributed by atoms with van der Waals surface area (Å²) in [5.41, 5.74) is 1.72. The van der Waals surface area contributed by atoms with E-state index in [4.69, 9.17) is 9.15 Å². The molecule has 0 saturated heterocycles. The Hall–Kier alpha value is -2.03. The third-order valence-electron chi connectivity index (χ3n) is 2.59. The first-order valence-corrected chi connectivity index (χ1v) is 5.27. The largest absolute Gasteiger partial charge is 0.494 e. The molecular formula is C13H11NO2. The molecule has 0 bridgehead atoms. The van der Waals surface area contributed by atoms with Gasteiger partial charge in [0.2, 0.25) is 0 Å². The number of rotatable bonds is 2. The maximum atomic E-state index is 5.46. The Morgan fingerprint density at radius 1 is 1.25 bits per heavy atom. The monoisotopic (exact) mass is 213 g/mol. The van der Waals surface area contributed by atoms with Crippen LogP contribution in [0.3, 0.4) is 0 Å². The van der Waals surface area contributed by atoms with Crippen LogP contribution < -0.4 is 4.74 Å². The SMILES string of the molecule is CCOc1ccc2c(ccc3ncoc32)c1. The van der Waals surface area contributed by atoms with E-state index in [-0.39, 0.29) is 0 Å². The summed E-state index contributed by atoms with van der Waals surface area (Å²) in [7, 11) is 0. The second-order valence-electron chi connectivity index (χ2n) is 3.58. The number of hydrogen-bond donors (Lipinski definition) is 0. The first-order valence-electron chi connectivity index (χ1n) is 5.27. The fourth-order valence-corrected chi connectivity index (χ4v) is 1.89. The van der Waals surface area contributed by atoms with Crippen LogP contribution in [0.25, 0.3) is 21.9 Å². The van der Waals surface area contributed by atoms with E-state index in [0.29, 0.717) is 6.61 Å². The van der Waals surface area contributed by atoms with E-state index >= 15 is 0 Å². The predicted molar refractivity (Wildman–Crippen MR) is 62.7 cm³/mol. The van der Waals surface area contributed by atoms with Crippen molar-refractivity contribution >= 4 is 21.9 Å². The average Bonchev–Trinajstić information content (AvgIpc) is 2.77. The minimum Gasteiger partial charge on any atom is -0.494 e. The Morgan fingerprint density at radius 2 is 2.19 bits per heavy atom. The van der Waals surface area contributed by atoms with E-state index in [0.717, 1.165) is 27.6 Å². The van der Waals surface area contributed by atoms with Gasteiger partial charge in [-0.1, -0.05) is 6.07 Å². The normalized spacial score (nSPS) is 11.1.